The fourth-order valence-electron chi connectivity index (χ4n) is 4.14. The summed E-state index contributed by atoms with van der Waals surface area (Å²) in [6.07, 6.45) is 3.96. The van der Waals surface area contributed by atoms with Crippen molar-refractivity contribution in [1.82, 2.24) is 14.5 Å². The molecular formula is C28H26ClN3O2. The Bertz CT molecular complexity index is 1400. The molecule has 1 amide bonds. The molecule has 0 fully saturated rings. The number of fused-ring (bicyclic) bond motifs is 1. The van der Waals surface area contributed by atoms with Gasteiger partial charge in [0.05, 0.1) is 22.6 Å². The van der Waals surface area contributed by atoms with E-state index in [0.717, 1.165) is 5.56 Å². The molecule has 0 aliphatic carbocycles. The van der Waals surface area contributed by atoms with Gasteiger partial charge in [-0.05, 0) is 55.3 Å². The zero-order chi connectivity index (χ0) is 24.1. The zero-order valence-electron chi connectivity index (χ0n) is 19.2. The standard InChI is InChI=1S/C28H26ClN3O2/c1-3-25(31(4-2)26(33)18-17-20-11-6-5-7-12-20)27-30-24-16-9-8-15-23(24)28(34)32(27)22-14-10-13-21(29)19-22/h5-19,25H,3-4H2,1-2H3/b18-17+/t25-/m0/s1. The van der Waals surface area contributed by atoms with Crippen LogP contribution in [0.5, 0.6) is 0 Å². The highest BCUT2D eigenvalue weighted by atomic mass is 35.5. The Morgan fingerprint density at radius 2 is 1.76 bits per heavy atom. The van der Waals surface area contributed by atoms with Gasteiger partial charge >= 0.3 is 0 Å². The minimum Gasteiger partial charge on any atom is -0.329 e. The molecule has 4 rings (SSSR count). The Morgan fingerprint density at radius 3 is 2.47 bits per heavy atom. The summed E-state index contributed by atoms with van der Waals surface area (Å²) in [5.74, 6) is 0.370. The molecule has 0 radical (unpaired) electrons. The minimum absolute atomic E-state index is 0.141. The Morgan fingerprint density at radius 1 is 1.03 bits per heavy atom. The fourth-order valence-corrected chi connectivity index (χ4v) is 4.32. The highest BCUT2D eigenvalue weighted by molar-refractivity contribution is 6.30. The Hall–Kier alpha value is -3.70. The predicted octanol–water partition coefficient (Wildman–Crippen LogP) is 6.05. The van der Waals surface area contributed by atoms with Crippen LogP contribution < -0.4 is 5.56 Å². The van der Waals surface area contributed by atoms with Gasteiger partial charge in [0, 0.05) is 17.6 Å². The maximum Gasteiger partial charge on any atom is 0.266 e. The second-order valence-electron chi connectivity index (χ2n) is 7.90. The number of benzene rings is 3. The molecule has 0 bridgehead atoms. The first kappa shape index (κ1) is 23.5. The first-order valence-corrected chi connectivity index (χ1v) is 11.7. The molecule has 172 valence electrons. The molecule has 4 aromatic rings. The number of rotatable bonds is 7. The average molecular weight is 472 g/mol. The van der Waals surface area contributed by atoms with E-state index >= 15 is 0 Å². The minimum atomic E-state index is -0.408. The molecule has 1 heterocycles. The number of likely N-dealkylation sites (N-methyl/N-ethyl adjacent to an activating group) is 1. The number of para-hydroxylation sites is 1. The molecule has 34 heavy (non-hydrogen) atoms. The van der Waals surface area contributed by atoms with E-state index < -0.39 is 6.04 Å². The van der Waals surface area contributed by atoms with Gasteiger partial charge in [0.1, 0.15) is 5.82 Å². The largest absolute Gasteiger partial charge is 0.329 e. The van der Waals surface area contributed by atoms with Gasteiger partial charge in [-0.1, -0.05) is 67.1 Å². The van der Waals surface area contributed by atoms with Crippen molar-refractivity contribution in [2.45, 2.75) is 26.3 Å². The normalized spacial score (nSPS) is 12.2. The van der Waals surface area contributed by atoms with Crippen LogP contribution >= 0.6 is 11.6 Å². The lowest BCUT2D eigenvalue weighted by Gasteiger charge is -2.30. The fraction of sp³-hybridized carbons (Fsp3) is 0.179. The first-order valence-electron chi connectivity index (χ1n) is 11.3. The molecular weight excluding hydrogens is 446 g/mol. The van der Waals surface area contributed by atoms with Crippen LogP contribution in [0, 0.1) is 0 Å². The third kappa shape index (κ3) is 4.80. The second-order valence-corrected chi connectivity index (χ2v) is 8.34. The molecule has 3 aromatic carbocycles. The highest BCUT2D eigenvalue weighted by Crippen LogP contribution is 2.27. The lowest BCUT2D eigenvalue weighted by molar-refractivity contribution is -0.128. The molecule has 0 unspecified atom stereocenters. The molecule has 5 nitrogen and oxygen atoms in total. The van der Waals surface area contributed by atoms with Gasteiger partial charge in [0.2, 0.25) is 5.91 Å². The third-order valence-corrected chi connectivity index (χ3v) is 6.01. The van der Waals surface area contributed by atoms with Crippen LogP contribution in [0.25, 0.3) is 22.7 Å². The van der Waals surface area contributed by atoms with Gasteiger partial charge in [-0.15, -0.1) is 0 Å². The number of carbonyl (C=O) groups is 1. The molecule has 1 atom stereocenters. The van der Waals surface area contributed by atoms with Crippen molar-refractivity contribution < 1.29 is 4.79 Å². The SMILES string of the molecule is CC[C@@H](c1nc2ccccc2c(=O)n1-c1cccc(Cl)c1)N(CC)C(=O)/C=C/c1ccccc1. The van der Waals surface area contributed by atoms with Gasteiger partial charge < -0.3 is 4.90 Å². The Balaban J connectivity index is 1.85. The molecule has 0 saturated heterocycles. The summed E-state index contributed by atoms with van der Waals surface area (Å²) in [6, 6.07) is 23.7. The third-order valence-electron chi connectivity index (χ3n) is 5.77. The van der Waals surface area contributed by atoms with Gasteiger partial charge in [0.25, 0.3) is 5.56 Å². The van der Waals surface area contributed by atoms with Crippen molar-refractivity contribution >= 4 is 34.5 Å². The molecule has 0 N–H and O–H groups in total. The first-order chi connectivity index (χ1) is 16.5. The van der Waals surface area contributed by atoms with Gasteiger partial charge in [0.15, 0.2) is 0 Å². The Kier molecular flexibility index (Phi) is 7.24. The van der Waals surface area contributed by atoms with Crippen LogP contribution in [0.15, 0.2) is 89.7 Å². The van der Waals surface area contributed by atoms with Gasteiger partial charge in [-0.3, -0.25) is 14.2 Å². The van der Waals surface area contributed by atoms with E-state index in [2.05, 4.69) is 0 Å². The van der Waals surface area contributed by atoms with Gasteiger partial charge in [-0.25, -0.2) is 4.98 Å². The van der Waals surface area contributed by atoms with E-state index in [1.165, 1.54) is 0 Å². The highest BCUT2D eigenvalue weighted by Gasteiger charge is 2.27. The summed E-state index contributed by atoms with van der Waals surface area (Å²) < 4.78 is 1.58. The quantitative estimate of drug-likeness (QED) is 0.308. The van der Waals surface area contributed by atoms with Crippen LogP contribution in [0.3, 0.4) is 0 Å². The van der Waals surface area contributed by atoms with Crippen molar-refractivity contribution in [3.63, 3.8) is 0 Å². The van der Waals surface area contributed by atoms with E-state index in [1.807, 2.05) is 68.4 Å². The molecule has 1 aromatic heterocycles. The van der Waals surface area contributed by atoms with Gasteiger partial charge in [-0.2, -0.15) is 0 Å². The van der Waals surface area contributed by atoms with Crippen LogP contribution in [0.2, 0.25) is 5.02 Å². The topological polar surface area (TPSA) is 55.2 Å². The number of carbonyl (C=O) groups excluding carboxylic acids is 1. The van der Waals surface area contributed by atoms with Crippen LogP contribution in [0.1, 0.15) is 37.7 Å². The average Bonchev–Trinajstić information content (AvgIpc) is 2.86. The predicted molar refractivity (Wildman–Crippen MR) is 138 cm³/mol. The maximum atomic E-state index is 13.6. The van der Waals surface area contributed by atoms with Crippen LogP contribution in [-0.4, -0.2) is 26.9 Å². The molecule has 0 aliphatic rings. The molecule has 6 heteroatoms. The lowest BCUT2D eigenvalue weighted by atomic mass is 10.1. The van der Waals surface area contributed by atoms with E-state index in [9.17, 15) is 9.59 Å². The molecule has 0 spiro atoms. The zero-order valence-corrected chi connectivity index (χ0v) is 19.9. The van der Waals surface area contributed by atoms with Crippen LogP contribution in [0.4, 0.5) is 0 Å². The number of hydrogen-bond acceptors (Lipinski definition) is 3. The molecule has 0 saturated carbocycles. The summed E-state index contributed by atoms with van der Waals surface area (Å²) >= 11 is 6.26. The van der Waals surface area contributed by atoms with Crippen molar-refractivity contribution in [2.24, 2.45) is 0 Å². The van der Waals surface area contributed by atoms with Crippen LogP contribution in [-0.2, 0) is 4.79 Å². The van der Waals surface area contributed by atoms with E-state index in [4.69, 9.17) is 16.6 Å². The van der Waals surface area contributed by atoms with Crippen molar-refractivity contribution in [3.05, 3.63) is 112 Å². The molecule has 0 aliphatic heterocycles. The number of amides is 1. The number of halogens is 1. The van der Waals surface area contributed by atoms with E-state index in [1.54, 1.807) is 45.9 Å². The number of hydrogen-bond donors (Lipinski definition) is 0. The number of nitrogens with zero attached hydrogens (tertiary/aromatic N) is 3. The Labute approximate surface area is 203 Å². The summed E-state index contributed by atoms with van der Waals surface area (Å²) in [5.41, 5.74) is 1.97. The van der Waals surface area contributed by atoms with Crippen molar-refractivity contribution in [2.75, 3.05) is 6.54 Å². The summed E-state index contributed by atoms with van der Waals surface area (Å²) in [4.78, 5) is 33.5. The summed E-state index contributed by atoms with van der Waals surface area (Å²) in [6.45, 7) is 4.39. The van der Waals surface area contributed by atoms with E-state index in [-0.39, 0.29) is 11.5 Å². The lowest BCUT2D eigenvalue weighted by Crippen LogP contribution is -2.37. The maximum absolute atomic E-state index is 13.6. The monoisotopic (exact) mass is 471 g/mol. The van der Waals surface area contributed by atoms with Crippen molar-refractivity contribution in [3.8, 4) is 5.69 Å². The summed E-state index contributed by atoms with van der Waals surface area (Å²) in [5, 5.41) is 1.03. The van der Waals surface area contributed by atoms with Crippen molar-refractivity contribution in [1.29, 1.82) is 0 Å². The van der Waals surface area contributed by atoms with E-state index in [0.29, 0.717) is 40.4 Å². The summed E-state index contributed by atoms with van der Waals surface area (Å²) in [7, 11) is 0. The smallest absolute Gasteiger partial charge is 0.266 e. The second kappa shape index (κ2) is 10.5. The number of aromatic nitrogens is 2.